The van der Waals surface area contributed by atoms with E-state index >= 15 is 0 Å². The molecule has 0 radical (unpaired) electrons. The standard InChI is InChI=1S/C18H13ClINO2/c19-16-10-14(20)6-8-17(16)21-18(22)11-23-15-7-5-12-3-1-2-4-13(12)9-15/h1-10H,11H2,(H,21,22). The van der Waals surface area contributed by atoms with Crippen molar-refractivity contribution in [2.75, 3.05) is 11.9 Å². The maximum absolute atomic E-state index is 12.0. The van der Waals surface area contributed by atoms with E-state index < -0.39 is 0 Å². The smallest absolute Gasteiger partial charge is 0.262 e. The van der Waals surface area contributed by atoms with Crippen LogP contribution in [0.2, 0.25) is 5.02 Å². The summed E-state index contributed by atoms with van der Waals surface area (Å²) in [6, 6.07) is 19.2. The number of amides is 1. The molecule has 0 saturated heterocycles. The quantitative estimate of drug-likeness (QED) is 0.576. The third-order valence-corrected chi connectivity index (χ3v) is 4.28. The Morgan fingerprint density at radius 3 is 2.61 bits per heavy atom. The van der Waals surface area contributed by atoms with Crippen molar-refractivity contribution in [1.82, 2.24) is 0 Å². The topological polar surface area (TPSA) is 38.3 Å². The summed E-state index contributed by atoms with van der Waals surface area (Å²) in [5.74, 6) is 0.411. The third kappa shape index (κ3) is 4.14. The molecule has 3 aromatic rings. The molecular formula is C18H13ClINO2. The van der Waals surface area contributed by atoms with Gasteiger partial charge in [-0.3, -0.25) is 4.79 Å². The molecule has 5 heteroatoms. The molecule has 0 saturated carbocycles. The summed E-state index contributed by atoms with van der Waals surface area (Å²) in [7, 11) is 0. The minimum atomic E-state index is -0.249. The van der Waals surface area contributed by atoms with Crippen LogP contribution >= 0.6 is 34.2 Å². The number of anilines is 1. The number of carbonyl (C=O) groups excluding carboxylic acids is 1. The van der Waals surface area contributed by atoms with Crippen LogP contribution < -0.4 is 10.1 Å². The van der Waals surface area contributed by atoms with Gasteiger partial charge in [0.25, 0.3) is 5.91 Å². The van der Waals surface area contributed by atoms with Crippen molar-refractivity contribution in [3.63, 3.8) is 0 Å². The van der Waals surface area contributed by atoms with Crippen LogP contribution in [0.1, 0.15) is 0 Å². The highest BCUT2D eigenvalue weighted by Crippen LogP contribution is 2.24. The lowest BCUT2D eigenvalue weighted by molar-refractivity contribution is -0.118. The van der Waals surface area contributed by atoms with Crippen LogP contribution in [0.4, 0.5) is 5.69 Å². The molecule has 0 unspecified atom stereocenters. The number of nitrogens with one attached hydrogen (secondary N) is 1. The molecule has 3 rings (SSSR count). The fourth-order valence-electron chi connectivity index (χ4n) is 2.18. The lowest BCUT2D eigenvalue weighted by Crippen LogP contribution is -2.20. The molecule has 1 amide bonds. The van der Waals surface area contributed by atoms with E-state index in [9.17, 15) is 4.79 Å². The fourth-order valence-corrected chi connectivity index (χ4v) is 3.09. The Balaban J connectivity index is 1.63. The average Bonchev–Trinajstić information content (AvgIpc) is 2.55. The highest BCUT2D eigenvalue weighted by atomic mass is 127. The Kier molecular flexibility index (Phi) is 5.03. The Morgan fingerprint density at radius 2 is 1.83 bits per heavy atom. The minimum Gasteiger partial charge on any atom is -0.484 e. The Bertz CT molecular complexity index is 867. The first-order valence-corrected chi connectivity index (χ1v) is 8.44. The average molecular weight is 438 g/mol. The minimum absolute atomic E-state index is 0.0688. The molecule has 0 heterocycles. The van der Waals surface area contributed by atoms with Crippen LogP contribution in [0.3, 0.4) is 0 Å². The van der Waals surface area contributed by atoms with E-state index in [4.69, 9.17) is 16.3 Å². The lowest BCUT2D eigenvalue weighted by atomic mass is 10.1. The van der Waals surface area contributed by atoms with Crippen LogP contribution in [0.5, 0.6) is 5.75 Å². The SMILES string of the molecule is O=C(COc1ccc2ccccc2c1)Nc1ccc(I)cc1Cl. The first-order chi connectivity index (χ1) is 11.1. The van der Waals surface area contributed by atoms with Gasteiger partial charge < -0.3 is 10.1 Å². The summed E-state index contributed by atoms with van der Waals surface area (Å²) < 4.78 is 6.57. The van der Waals surface area contributed by atoms with Gasteiger partial charge >= 0.3 is 0 Å². The Labute approximate surface area is 152 Å². The van der Waals surface area contributed by atoms with Crippen LogP contribution in [0.15, 0.2) is 60.7 Å². The van der Waals surface area contributed by atoms with Crippen molar-refractivity contribution < 1.29 is 9.53 Å². The van der Waals surface area contributed by atoms with Crippen LogP contribution in [0.25, 0.3) is 10.8 Å². The largest absolute Gasteiger partial charge is 0.484 e. The second-order valence-electron chi connectivity index (χ2n) is 4.97. The molecule has 3 nitrogen and oxygen atoms in total. The van der Waals surface area contributed by atoms with E-state index in [2.05, 4.69) is 27.9 Å². The van der Waals surface area contributed by atoms with Gasteiger partial charge in [-0.15, -0.1) is 0 Å². The van der Waals surface area contributed by atoms with Crippen LogP contribution in [-0.4, -0.2) is 12.5 Å². The normalized spacial score (nSPS) is 10.5. The molecule has 0 fully saturated rings. The number of hydrogen-bond acceptors (Lipinski definition) is 2. The second-order valence-corrected chi connectivity index (χ2v) is 6.62. The predicted molar refractivity (Wildman–Crippen MR) is 102 cm³/mol. The molecule has 0 aliphatic rings. The van der Waals surface area contributed by atoms with Gasteiger partial charge in [0.15, 0.2) is 6.61 Å². The summed E-state index contributed by atoms with van der Waals surface area (Å²) in [6.45, 7) is -0.0688. The first kappa shape index (κ1) is 16.1. The van der Waals surface area contributed by atoms with Crippen molar-refractivity contribution in [3.8, 4) is 5.75 Å². The zero-order valence-corrected chi connectivity index (χ0v) is 15.0. The number of rotatable bonds is 4. The number of benzene rings is 3. The number of ether oxygens (including phenoxy) is 1. The molecule has 23 heavy (non-hydrogen) atoms. The van der Waals surface area contributed by atoms with Gasteiger partial charge in [-0.1, -0.05) is 41.9 Å². The van der Waals surface area contributed by atoms with Crippen molar-refractivity contribution >= 4 is 56.6 Å². The van der Waals surface area contributed by atoms with E-state index in [1.165, 1.54) is 0 Å². The van der Waals surface area contributed by atoms with Gasteiger partial charge in [0.05, 0.1) is 10.7 Å². The molecule has 0 spiro atoms. The number of halogens is 2. The molecule has 3 aromatic carbocycles. The van der Waals surface area contributed by atoms with E-state index in [1.54, 1.807) is 12.1 Å². The van der Waals surface area contributed by atoms with Crippen LogP contribution in [0, 0.1) is 3.57 Å². The van der Waals surface area contributed by atoms with E-state index in [0.717, 1.165) is 14.3 Å². The van der Waals surface area contributed by atoms with Crippen molar-refractivity contribution in [1.29, 1.82) is 0 Å². The number of carbonyl (C=O) groups is 1. The van der Waals surface area contributed by atoms with Gasteiger partial charge in [0.1, 0.15) is 5.75 Å². The van der Waals surface area contributed by atoms with E-state index in [-0.39, 0.29) is 12.5 Å². The molecule has 0 aliphatic carbocycles. The molecule has 0 aromatic heterocycles. The maximum atomic E-state index is 12.0. The molecule has 0 aliphatic heterocycles. The Morgan fingerprint density at radius 1 is 1.04 bits per heavy atom. The monoisotopic (exact) mass is 437 g/mol. The summed E-state index contributed by atoms with van der Waals surface area (Å²) in [4.78, 5) is 12.0. The van der Waals surface area contributed by atoms with Gasteiger partial charge in [-0.2, -0.15) is 0 Å². The molecule has 0 atom stereocenters. The van der Waals surface area contributed by atoms with Crippen molar-refractivity contribution in [2.24, 2.45) is 0 Å². The zero-order chi connectivity index (χ0) is 16.2. The van der Waals surface area contributed by atoms with Gasteiger partial charge in [0, 0.05) is 3.57 Å². The molecule has 1 N–H and O–H groups in total. The van der Waals surface area contributed by atoms with Crippen LogP contribution in [-0.2, 0) is 4.79 Å². The van der Waals surface area contributed by atoms with Gasteiger partial charge in [-0.05, 0) is 63.7 Å². The highest BCUT2D eigenvalue weighted by Gasteiger charge is 2.07. The summed E-state index contributed by atoms with van der Waals surface area (Å²) in [5.41, 5.74) is 0.583. The molecule has 116 valence electrons. The van der Waals surface area contributed by atoms with Gasteiger partial charge in [0.2, 0.25) is 0 Å². The van der Waals surface area contributed by atoms with Crippen molar-refractivity contribution in [3.05, 3.63) is 69.3 Å². The van der Waals surface area contributed by atoms with Crippen molar-refractivity contribution in [2.45, 2.75) is 0 Å². The zero-order valence-electron chi connectivity index (χ0n) is 12.1. The van der Waals surface area contributed by atoms with E-state index in [1.807, 2.05) is 48.5 Å². The maximum Gasteiger partial charge on any atom is 0.262 e. The highest BCUT2D eigenvalue weighted by molar-refractivity contribution is 14.1. The fraction of sp³-hybridized carbons (Fsp3) is 0.0556. The van der Waals surface area contributed by atoms with E-state index in [0.29, 0.717) is 16.5 Å². The summed E-state index contributed by atoms with van der Waals surface area (Å²) in [6.07, 6.45) is 0. The number of fused-ring (bicyclic) bond motifs is 1. The molecular weight excluding hydrogens is 425 g/mol. The third-order valence-electron chi connectivity index (χ3n) is 3.30. The lowest BCUT2D eigenvalue weighted by Gasteiger charge is -2.09. The van der Waals surface area contributed by atoms with Gasteiger partial charge in [-0.25, -0.2) is 0 Å². The Hall–Kier alpha value is -1.79. The number of hydrogen-bond donors (Lipinski definition) is 1. The summed E-state index contributed by atoms with van der Waals surface area (Å²) >= 11 is 8.26. The summed E-state index contributed by atoms with van der Waals surface area (Å²) in [5, 5.41) is 5.47. The molecule has 0 bridgehead atoms. The first-order valence-electron chi connectivity index (χ1n) is 6.98. The second kappa shape index (κ2) is 7.19. The predicted octanol–water partition coefficient (Wildman–Crippen LogP) is 5.12.